The van der Waals surface area contributed by atoms with E-state index in [2.05, 4.69) is 19.2 Å². The van der Waals surface area contributed by atoms with Gasteiger partial charge in [-0.3, -0.25) is 4.79 Å². The third-order valence-electron chi connectivity index (χ3n) is 3.77. The first-order valence-electron chi connectivity index (χ1n) is 7.70. The highest BCUT2D eigenvalue weighted by molar-refractivity contribution is 5.95. The van der Waals surface area contributed by atoms with Crippen LogP contribution in [0.15, 0.2) is 16.7 Å². The second kappa shape index (κ2) is 6.93. The summed E-state index contributed by atoms with van der Waals surface area (Å²) in [6.07, 6.45) is 4.74. The third kappa shape index (κ3) is 3.63. The van der Waals surface area contributed by atoms with Crippen molar-refractivity contribution in [2.24, 2.45) is 5.92 Å². The molecule has 0 saturated carbocycles. The topological polar surface area (TPSA) is 45.5 Å². The van der Waals surface area contributed by atoms with E-state index >= 15 is 0 Å². The van der Waals surface area contributed by atoms with Crippen molar-refractivity contribution >= 4 is 5.91 Å². The van der Waals surface area contributed by atoms with Gasteiger partial charge in [-0.2, -0.15) is 0 Å². The van der Waals surface area contributed by atoms with Gasteiger partial charge < -0.3 is 14.6 Å². The smallest absolute Gasteiger partial charge is 0.257 e. The van der Waals surface area contributed by atoms with Gasteiger partial charge >= 0.3 is 0 Å². The largest absolute Gasteiger partial charge is 0.469 e. The summed E-state index contributed by atoms with van der Waals surface area (Å²) in [7, 11) is 0. The molecule has 4 heteroatoms. The lowest BCUT2D eigenvalue weighted by atomic mass is 10.1. The van der Waals surface area contributed by atoms with Crippen molar-refractivity contribution < 1.29 is 9.21 Å². The second-order valence-electron chi connectivity index (χ2n) is 6.01. The molecule has 1 fully saturated rings. The zero-order chi connectivity index (χ0) is 14.5. The van der Waals surface area contributed by atoms with Gasteiger partial charge in [-0.15, -0.1) is 0 Å². The van der Waals surface area contributed by atoms with E-state index in [-0.39, 0.29) is 5.91 Å². The van der Waals surface area contributed by atoms with Crippen molar-refractivity contribution in [3.63, 3.8) is 0 Å². The van der Waals surface area contributed by atoms with Gasteiger partial charge in [0, 0.05) is 25.6 Å². The highest BCUT2D eigenvalue weighted by Crippen LogP contribution is 2.17. The van der Waals surface area contributed by atoms with Gasteiger partial charge in [0.1, 0.15) is 5.76 Å². The average molecular weight is 278 g/mol. The molecule has 1 aliphatic heterocycles. The Morgan fingerprint density at radius 3 is 2.95 bits per heavy atom. The number of furan rings is 1. The van der Waals surface area contributed by atoms with Gasteiger partial charge in [0.15, 0.2) is 0 Å². The second-order valence-corrected chi connectivity index (χ2v) is 6.01. The molecule has 0 spiro atoms. The van der Waals surface area contributed by atoms with Crippen molar-refractivity contribution in [2.75, 3.05) is 19.6 Å². The zero-order valence-corrected chi connectivity index (χ0v) is 12.8. The number of carbonyl (C=O) groups is 1. The van der Waals surface area contributed by atoms with Gasteiger partial charge in [-0.1, -0.05) is 20.8 Å². The molecule has 1 aromatic rings. The Morgan fingerprint density at radius 2 is 2.35 bits per heavy atom. The molecule has 0 aromatic carbocycles. The number of hydrogen-bond donors (Lipinski definition) is 1. The van der Waals surface area contributed by atoms with E-state index in [1.54, 1.807) is 12.3 Å². The number of amides is 1. The molecule has 1 aliphatic rings. The van der Waals surface area contributed by atoms with Gasteiger partial charge in [0.05, 0.1) is 11.8 Å². The average Bonchev–Trinajstić information content (AvgIpc) is 3.07. The quantitative estimate of drug-likeness (QED) is 0.870. The molecular formula is C16H26N2O2. The predicted octanol–water partition coefficient (Wildman–Crippen LogP) is 2.69. The Hall–Kier alpha value is -1.29. The molecule has 0 aliphatic carbocycles. The van der Waals surface area contributed by atoms with E-state index in [9.17, 15) is 4.79 Å². The van der Waals surface area contributed by atoms with E-state index in [4.69, 9.17) is 4.42 Å². The number of carbonyl (C=O) groups excluding carboxylic acids is 1. The lowest BCUT2D eigenvalue weighted by Gasteiger charge is -2.27. The molecule has 4 nitrogen and oxygen atoms in total. The van der Waals surface area contributed by atoms with Crippen LogP contribution in [0.3, 0.4) is 0 Å². The number of nitrogens with zero attached hydrogens (tertiary/aromatic N) is 1. The zero-order valence-electron chi connectivity index (χ0n) is 12.8. The molecule has 112 valence electrons. The minimum Gasteiger partial charge on any atom is -0.469 e. The molecule has 2 heterocycles. The molecule has 2 rings (SSSR count). The molecule has 0 bridgehead atoms. The summed E-state index contributed by atoms with van der Waals surface area (Å²) in [5.41, 5.74) is 0.728. The number of hydrogen-bond acceptors (Lipinski definition) is 3. The summed E-state index contributed by atoms with van der Waals surface area (Å²) < 4.78 is 5.40. The van der Waals surface area contributed by atoms with Gasteiger partial charge in [0.25, 0.3) is 5.91 Å². The fourth-order valence-electron chi connectivity index (χ4n) is 2.84. The minimum atomic E-state index is 0.109. The monoisotopic (exact) mass is 278 g/mol. The Labute approximate surface area is 121 Å². The lowest BCUT2D eigenvalue weighted by molar-refractivity contribution is 0.0719. The number of aryl methyl sites for hydroxylation is 1. The lowest BCUT2D eigenvalue weighted by Crippen LogP contribution is -2.43. The van der Waals surface area contributed by atoms with Gasteiger partial charge in [-0.05, 0) is 31.4 Å². The highest BCUT2D eigenvalue weighted by Gasteiger charge is 2.25. The van der Waals surface area contributed by atoms with Crippen molar-refractivity contribution in [3.05, 3.63) is 23.7 Å². The summed E-state index contributed by atoms with van der Waals surface area (Å²) in [6.45, 7) is 8.98. The van der Waals surface area contributed by atoms with Crippen LogP contribution < -0.4 is 5.32 Å². The standard InChI is InChI=1S/C16H26N2O2/c1-4-15-14(7-9-20-15)16(19)18(10-12(2)3)11-13-6-5-8-17-13/h7,9,12-13,17H,4-6,8,10-11H2,1-3H3. The number of nitrogens with one attached hydrogen (secondary N) is 1. The SMILES string of the molecule is CCc1occc1C(=O)N(CC(C)C)CC1CCCN1. The Balaban J connectivity index is 2.10. The van der Waals surface area contributed by atoms with Crippen LogP contribution >= 0.6 is 0 Å². The van der Waals surface area contributed by atoms with E-state index in [0.717, 1.165) is 43.8 Å². The Morgan fingerprint density at radius 1 is 1.55 bits per heavy atom. The third-order valence-corrected chi connectivity index (χ3v) is 3.77. The molecular weight excluding hydrogens is 252 g/mol. The maximum Gasteiger partial charge on any atom is 0.257 e. The van der Waals surface area contributed by atoms with Crippen LogP contribution in [0.1, 0.15) is 49.7 Å². The van der Waals surface area contributed by atoms with Gasteiger partial charge in [-0.25, -0.2) is 0 Å². The molecule has 0 radical (unpaired) electrons. The van der Waals surface area contributed by atoms with Crippen molar-refractivity contribution in [1.82, 2.24) is 10.2 Å². The van der Waals surface area contributed by atoms with E-state index < -0.39 is 0 Å². The molecule has 1 amide bonds. The van der Waals surface area contributed by atoms with Crippen LogP contribution in [0, 0.1) is 5.92 Å². The van der Waals surface area contributed by atoms with Crippen LogP contribution in [0.2, 0.25) is 0 Å². The summed E-state index contributed by atoms with van der Waals surface area (Å²) >= 11 is 0. The van der Waals surface area contributed by atoms with Crippen LogP contribution in [-0.2, 0) is 6.42 Å². The first kappa shape index (κ1) is 15.1. The van der Waals surface area contributed by atoms with E-state index in [1.807, 2.05) is 11.8 Å². The van der Waals surface area contributed by atoms with Crippen molar-refractivity contribution in [2.45, 2.75) is 46.1 Å². The van der Waals surface area contributed by atoms with Crippen LogP contribution in [0.5, 0.6) is 0 Å². The van der Waals surface area contributed by atoms with E-state index in [0.29, 0.717) is 12.0 Å². The summed E-state index contributed by atoms with van der Waals surface area (Å²) in [4.78, 5) is 14.7. The number of rotatable bonds is 6. The fourth-order valence-corrected chi connectivity index (χ4v) is 2.84. The van der Waals surface area contributed by atoms with Gasteiger partial charge in [0.2, 0.25) is 0 Å². The predicted molar refractivity (Wildman–Crippen MR) is 79.9 cm³/mol. The Kier molecular flexibility index (Phi) is 5.24. The maximum absolute atomic E-state index is 12.7. The van der Waals surface area contributed by atoms with Crippen molar-refractivity contribution in [3.8, 4) is 0 Å². The molecule has 20 heavy (non-hydrogen) atoms. The van der Waals surface area contributed by atoms with Crippen molar-refractivity contribution in [1.29, 1.82) is 0 Å². The fraction of sp³-hybridized carbons (Fsp3) is 0.688. The van der Waals surface area contributed by atoms with Crippen LogP contribution in [0.25, 0.3) is 0 Å². The van der Waals surface area contributed by atoms with Crippen LogP contribution in [-0.4, -0.2) is 36.5 Å². The highest BCUT2D eigenvalue weighted by atomic mass is 16.3. The molecule has 1 N–H and O–H groups in total. The summed E-state index contributed by atoms with van der Waals surface area (Å²) in [5.74, 6) is 1.37. The molecule has 1 atom stereocenters. The molecule has 1 unspecified atom stereocenters. The van der Waals surface area contributed by atoms with Crippen LogP contribution in [0.4, 0.5) is 0 Å². The summed E-state index contributed by atoms with van der Waals surface area (Å²) in [6, 6.07) is 2.24. The summed E-state index contributed by atoms with van der Waals surface area (Å²) in [5, 5.41) is 3.47. The first-order valence-corrected chi connectivity index (χ1v) is 7.70. The molecule has 1 saturated heterocycles. The van der Waals surface area contributed by atoms with E-state index in [1.165, 1.54) is 6.42 Å². The normalized spacial score (nSPS) is 18.7. The Bertz CT molecular complexity index is 433. The minimum absolute atomic E-state index is 0.109. The first-order chi connectivity index (χ1) is 9.61. The maximum atomic E-state index is 12.7. The molecule has 1 aromatic heterocycles.